The first-order valence-electron chi connectivity index (χ1n) is 12.9. The van der Waals surface area contributed by atoms with E-state index < -0.39 is 28.9 Å². The number of aromatic nitrogens is 3. The van der Waals surface area contributed by atoms with E-state index in [0.29, 0.717) is 56.3 Å². The van der Waals surface area contributed by atoms with Crippen molar-refractivity contribution >= 4 is 22.8 Å². The van der Waals surface area contributed by atoms with Crippen LogP contribution in [0.2, 0.25) is 0 Å². The Morgan fingerprint density at radius 1 is 1.26 bits per heavy atom. The van der Waals surface area contributed by atoms with Crippen LogP contribution in [0, 0.1) is 12.7 Å². The SMILES string of the molecule is COC1(c2cc3c(N[C@H](C)c4cccc(C(C)(F)F)c4F)ncnc3nc2C)CCN(C(=O)CN(C)C)CC1. The van der Waals surface area contributed by atoms with Crippen molar-refractivity contribution in [1.82, 2.24) is 24.8 Å². The monoisotopic (exact) mass is 544 g/mol. The number of nitrogens with one attached hydrogen (secondary N) is 1. The average Bonchev–Trinajstić information content (AvgIpc) is 2.87. The molecular weight excluding hydrogens is 509 g/mol. The van der Waals surface area contributed by atoms with Crippen LogP contribution in [0.25, 0.3) is 11.0 Å². The molecule has 1 saturated heterocycles. The third-order valence-electron chi connectivity index (χ3n) is 7.39. The molecule has 1 fully saturated rings. The summed E-state index contributed by atoms with van der Waals surface area (Å²) < 4.78 is 49.0. The molecule has 3 heterocycles. The number of likely N-dealkylation sites (N-methyl/N-ethyl adjacent to an activating group) is 1. The number of alkyl halides is 2. The third kappa shape index (κ3) is 5.84. The lowest BCUT2D eigenvalue weighted by Crippen LogP contribution is -2.48. The fourth-order valence-electron chi connectivity index (χ4n) is 5.23. The molecule has 1 amide bonds. The van der Waals surface area contributed by atoms with Crippen LogP contribution in [0.3, 0.4) is 0 Å². The number of piperidine rings is 1. The quantitative estimate of drug-likeness (QED) is 0.437. The molecule has 1 aliphatic heterocycles. The predicted molar refractivity (Wildman–Crippen MR) is 143 cm³/mol. The number of halogens is 3. The van der Waals surface area contributed by atoms with Gasteiger partial charge in [-0.2, -0.15) is 0 Å². The van der Waals surface area contributed by atoms with Crippen molar-refractivity contribution in [2.24, 2.45) is 0 Å². The largest absolute Gasteiger partial charge is 0.373 e. The molecule has 39 heavy (non-hydrogen) atoms. The van der Waals surface area contributed by atoms with Gasteiger partial charge in [-0.05, 0) is 46.9 Å². The molecule has 1 aromatic carbocycles. The number of aryl methyl sites for hydroxylation is 1. The summed E-state index contributed by atoms with van der Waals surface area (Å²) in [6, 6.07) is 5.25. The van der Waals surface area contributed by atoms with Crippen molar-refractivity contribution in [1.29, 1.82) is 0 Å². The van der Waals surface area contributed by atoms with Crippen molar-refractivity contribution in [3.8, 4) is 0 Å². The molecule has 0 radical (unpaired) electrons. The molecule has 0 aliphatic carbocycles. The Bertz CT molecular complexity index is 1350. The second kappa shape index (κ2) is 11.1. The van der Waals surface area contributed by atoms with Gasteiger partial charge in [-0.1, -0.05) is 18.2 Å². The molecule has 3 aromatic rings. The first kappa shape index (κ1) is 28.7. The minimum absolute atomic E-state index is 0.0732. The molecule has 1 aliphatic rings. The van der Waals surface area contributed by atoms with Gasteiger partial charge in [0.05, 0.1) is 29.1 Å². The lowest BCUT2D eigenvalue weighted by Gasteiger charge is -2.42. The van der Waals surface area contributed by atoms with Gasteiger partial charge in [0.2, 0.25) is 5.91 Å². The molecule has 0 bridgehead atoms. The molecule has 0 spiro atoms. The van der Waals surface area contributed by atoms with E-state index in [1.807, 2.05) is 36.9 Å². The summed E-state index contributed by atoms with van der Waals surface area (Å²) in [5.74, 6) is -3.78. The maximum atomic E-state index is 15.0. The van der Waals surface area contributed by atoms with Gasteiger partial charge in [0.15, 0.2) is 5.65 Å². The third-order valence-corrected chi connectivity index (χ3v) is 7.39. The first-order chi connectivity index (χ1) is 18.4. The van der Waals surface area contributed by atoms with Crippen LogP contribution in [0.4, 0.5) is 19.0 Å². The normalized spacial score (nSPS) is 16.5. The minimum atomic E-state index is -3.31. The van der Waals surface area contributed by atoms with Crippen LogP contribution in [-0.2, 0) is 21.1 Å². The van der Waals surface area contributed by atoms with Crippen molar-refractivity contribution in [2.75, 3.05) is 46.2 Å². The van der Waals surface area contributed by atoms with E-state index in [9.17, 15) is 13.6 Å². The van der Waals surface area contributed by atoms with Crippen LogP contribution in [0.15, 0.2) is 30.6 Å². The summed E-state index contributed by atoms with van der Waals surface area (Å²) in [6.45, 7) is 5.69. The van der Waals surface area contributed by atoms with Crippen molar-refractivity contribution in [3.05, 3.63) is 58.8 Å². The fraction of sp³-hybridized carbons (Fsp3) is 0.500. The van der Waals surface area contributed by atoms with Gasteiger partial charge in [0.25, 0.3) is 5.92 Å². The van der Waals surface area contributed by atoms with Crippen LogP contribution < -0.4 is 5.32 Å². The molecule has 1 N–H and O–H groups in total. The molecule has 11 heteroatoms. The van der Waals surface area contributed by atoms with E-state index in [0.717, 1.165) is 17.3 Å². The summed E-state index contributed by atoms with van der Waals surface area (Å²) in [4.78, 5) is 29.7. The summed E-state index contributed by atoms with van der Waals surface area (Å²) >= 11 is 0. The van der Waals surface area contributed by atoms with Gasteiger partial charge in [-0.15, -0.1) is 0 Å². The van der Waals surface area contributed by atoms with E-state index >= 15 is 4.39 Å². The Kier molecular flexibility index (Phi) is 8.13. The van der Waals surface area contributed by atoms with E-state index in [-0.39, 0.29) is 11.5 Å². The van der Waals surface area contributed by atoms with Crippen LogP contribution in [-0.4, -0.2) is 71.5 Å². The molecule has 210 valence electrons. The number of anilines is 1. The summed E-state index contributed by atoms with van der Waals surface area (Å²) in [5.41, 5.74) is 0.842. The number of benzene rings is 1. The number of carbonyl (C=O) groups excluding carboxylic acids is 1. The standard InChI is InChI=1S/C28H35F3N6O2/c1-17(19-8-7-9-21(24(19)29)27(3,30)31)34-25-20-14-22(18(2)35-26(20)33-16-32-25)28(39-6)10-12-37(13-11-28)23(38)15-36(4)5/h7-9,14,16-17H,10-13,15H2,1-6H3,(H,32,33,34,35)/t17-/m1/s1. The number of rotatable bonds is 8. The van der Waals surface area contributed by atoms with Gasteiger partial charge in [0.1, 0.15) is 18.0 Å². The first-order valence-corrected chi connectivity index (χ1v) is 12.9. The second-order valence-electron chi connectivity index (χ2n) is 10.5. The number of likely N-dealkylation sites (tertiary alicyclic amines) is 1. The number of ether oxygens (including phenoxy) is 1. The van der Waals surface area contributed by atoms with Gasteiger partial charge in [-0.3, -0.25) is 4.79 Å². The highest BCUT2D eigenvalue weighted by atomic mass is 19.3. The molecular formula is C28H35F3N6O2. The molecule has 0 unspecified atom stereocenters. The van der Waals surface area contributed by atoms with E-state index in [2.05, 4.69) is 15.3 Å². The highest BCUT2D eigenvalue weighted by molar-refractivity contribution is 5.87. The number of hydrogen-bond acceptors (Lipinski definition) is 7. The topological polar surface area (TPSA) is 83.5 Å². The van der Waals surface area contributed by atoms with Gasteiger partial charge >= 0.3 is 0 Å². The van der Waals surface area contributed by atoms with Gasteiger partial charge in [-0.25, -0.2) is 28.1 Å². The number of pyridine rings is 1. The number of nitrogens with zero attached hydrogens (tertiary/aromatic N) is 5. The van der Waals surface area contributed by atoms with E-state index in [1.54, 1.807) is 14.0 Å². The van der Waals surface area contributed by atoms with Crippen molar-refractivity contribution in [2.45, 2.75) is 51.2 Å². The average molecular weight is 545 g/mol. The number of carbonyl (C=O) groups is 1. The zero-order valence-electron chi connectivity index (χ0n) is 23.2. The van der Waals surface area contributed by atoms with Crippen molar-refractivity contribution < 1.29 is 22.7 Å². The second-order valence-corrected chi connectivity index (χ2v) is 10.5. The predicted octanol–water partition coefficient (Wildman–Crippen LogP) is 4.78. The molecule has 1 atom stereocenters. The lowest BCUT2D eigenvalue weighted by molar-refractivity contribution is -0.138. The summed E-state index contributed by atoms with van der Waals surface area (Å²) in [6.07, 6.45) is 2.54. The van der Waals surface area contributed by atoms with Crippen LogP contribution >= 0.6 is 0 Å². The Balaban J connectivity index is 1.66. The van der Waals surface area contributed by atoms with Crippen LogP contribution in [0.5, 0.6) is 0 Å². The summed E-state index contributed by atoms with van der Waals surface area (Å²) in [7, 11) is 5.39. The van der Waals surface area contributed by atoms with E-state index in [4.69, 9.17) is 9.72 Å². The number of fused-ring (bicyclic) bond motifs is 1. The maximum absolute atomic E-state index is 15.0. The maximum Gasteiger partial charge on any atom is 0.273 e. The highest BCUT2D eigenvalue weighted by Crippen LogP contribution is 2.40. The Morgan fingerprint density at radius 2 is 1.95 bits per heavy atom. The molecule has 4 rings (SSSR count). The number of hydrogen-bond donors (Lipinski definition) is 1. The smallest absolute Gasteiger partial charge is 0.273 e. The van der Waals surface area contributed by atoms with Crippen LogP contribution in [0.1, 0.15) is 55.1 Å². The Morgan fingerprint density at radius 3 is 2.56 bits per heavy atom. The number of methoxy groups -OCH3 is 1. The molecule has 0 saturated carbocycles. The lowest BCUT2D eigenvalue weighted by atomic mass is 9.82. The van der Waals surface area contributed by atoms with E-state index in [1.165, 1.54) is 18.5 Å². The fourth-order valence-corrected chi connectivity index (χ4v) is 5.23. The van der Waals surface area contributed by atoms with Crippen molar-refractivity contribution in [3.63, 3.8) is 0 Å². The Hall–Kier alpha value is -3.31. The highest BCUT2D eigenvalue weighted by Gasteiger charge is 2.39. The Labute approximate surface area is 226 Å². The zero-order chi connectivity index (χ0) is 28.5. The zero-order valence-corrected chi connectivity index (χ0v) is 23.2. The minimum Gasteiger partial charge on any atom is -0.373 e. The molecule has 8 nitrogen and oxygen atoms in total. The molecule has 2 aromatic heterocycles. The number of amides is 1. The van der Waals surface area contributed by atoms with Gasteiger partial charge in [0, 0.05) is 43.9 Å². The summed E-state index contributed by atoms with van der Waals surface area (Å²) in [5, 5.41) is 3.77. The van der Waals surface area contributed by atoms with Gasteiger partial charge < -0.3 is 19.9 Å².